The third kappa shape index (κ3) is 1.25. The largest absolute Gasteiger partial charge is 0.368 e. The van der Waals surface area contributed by atoms with E-state index in [0.29, 0.717) is 5.15 Å². The number of fused-ring (bicyclic) bond motifs is 1. The van der Waals surface area contributed by atoms with Crippen LogP contribution in [0.15, 0.2) is 5.38 Å². The van der Waals surface area contributed by atoms with Gasteiger partial charge in [-0.1, -0.05) is 11.6 Å². The average molecular weight is 312 g/mol. The van der Waals surface area contributed by atoms with Crippen LogP contribution in [0.4, 0.5) is 5.95 Å². The number of nitrogens with zero attached hydrogens (tertiary/aromatic N) is 2. The van der Waals surface area contributed by atoms with E-state index in [9.17, 15) is 0 Å². The first kappa shape index (κ1) is 8.46. The van der Waals surface area contributed by atoms with Gasteiger partial charge in [-0.05, 0) is 22.6 Å². The van der Waals surface area contributed by atoms with E-state index < -0.39 is 0 Å². The summed E-state index contributed by atoms with van der Waals surface area (Å²) in [5, 5.41) is 2.41. The molecule has 0 saturated heterocycles. The maximum Gasteiger partial charge on any atom is 0.222 e. The minimum absolute atomic E-state index is 0.226. The molecular weight excluding hydrogens is 309 g/mol. The van der Waals surface area contributed by atoms with Crippen LogP contribution < -0.4 is 5.73 Å². The summed E-state index contributed by atoms with van der Waals surface area (Å²) in [5.41, 5.74) is 6.29. The minimum atomic E-state index is 0.226. The quantitative estimate of drug-likeness (QED) is 0.601. The Balaban J connectivity index is 2.92. The maximum atomic E-state index is 5.85. The lowest BCUT2D eigenvalue weighted by Crippen LogP contribution is -1.94. The van der Waals surface area contributed by atoms with Gasteiger partial charge in [0.05, 0.1) is 8.27 Å². The third-order valence-electron chi connectivity index (χ3n) is 1.35. The van der Waals surface area contributed by atoms with Crippen molar-refractivity contribution in [3.8, 4) is 0 Å². The number of nitrogens with two attached hydrogens (primary N) is 1. The molecule has 0 bridgehead atoms. The highest BCUT2D eigenvalue weighted by Gasteiger charge is 2.08. The fourth-order valence-electron chi connectivity index (χ4n) is 0.872. The van der Waals surface area contributed by atoms with Gasteiger partial charge in [-0.15, -0.1) is 11.3 Å². The zero-order chi connectivity index (χ0) is 8.72. The molecule has 2 N–H and O–H groups in total. The molecule has 0 unspecified atom stereocenters. The van der Waals surface area contributed by atoms with Crippen molar-refractivity contribution in [1.82, 2.24) is 9.97 Å². The van der Waals surface area contributed by atoms with Crippen LogP contribution in [0, 0.1) is 3.57 Å². The van der Waals surface area contributed by atoms with Crippen molar-refractivity contribution < 1.29 is 0 Å². The first-order valence-corrected chi connectivity index (χ1v) is 5.38. The van der Waals surface area contributed by atoms with Crippen LogP contribution in [0.3, 0.4) is 0 Å². The molecule has 0 aliphatic carbocycles. The van der Waals surface area contributed by atoms with Crippen molar-refractivity contribution in [2.24, 2.45) is 0 Å². The van der Waals surface area contributed by atoms with E-state index in [1.165, 1.54) is 11.3 Å². The first-order valence-electron chi connectivity index (χ1n) is 3.04. The lowest BCUT2D eigenvalue weighted by Gasteiger charge is -1.94. The van der Waals surface area contributed by atoms with E-state index in [1.807, 2.05) is 5.38 Å². The van der Waals surface area contributed by atoms with Gasteiger partial charge in [0.2, 0.25) is 5.95 Å². The van der Waals surface area contributed by atoms with Crippen molar-refractivity contribution in [1.29, 1.82) is 0 Å². The molecule has 0 atom stereocenters. The molecule has 2 aromatic rings. The Hall–Kier alpha value is -0.140. The fraction of sp³-hybridized carbons (Fsp3) is 0. The molecule has 0 fully saturated rings. The maximum absolute atomic E-state index is 5.85. The zero-order valence-corrected chi connectivity index (χ0v) is 9.44. The van der Waals surface area contributed by atoms with Crippen LogP contribution >= 0.6 is 45.5 Å². The van der Waals surface area contributed by atoms with Crippen LogP contribution in [0.2, 0.25) is 5.15 Å². The summed E-state index contributed by atoms with van der Waals surface area (Å²) in [6.45, 7) is 0. The smallest absolute Gasteiger partial charge is 0.222 e. The normalized spacial score (nSPS) is 10.8. The number of halogens is 2. The van der Waals surface area contributed by atoms with Crippen LogP contribution in [0.5, 0.6) is 0 Å². The van der Waals surface area contributed by atoms with Crippen molar-refractivity contribution >= 4 is 61.7 Å². The Morgan fingerprint density at radius 3 is 3.00 bits per heavy atom. The summed E-state index contributed by atoms with van der Waals surface area (Å²) in [5.74, 6) is 0.226. The summed E-state index contributed by atoms with van der Waals surface area (Å²) in [6, 6.07) is 0. The standard InChI is InChI=1S/C6H3ClIN3S/c7-5-4-3(2(8)1-12-4)10-6(9)11-5/h1H,(H2,9,10,11). The third-order valence-corrected chi connectivity index (χ3v) is 3.95. The highest BCUT2D eigenvalue weighted by molar-refractivity contribution is 14.1. The Morgan fingerprint density at radius 2 is 2.25 bits per heavy atom. The molecule has 3 nitrogen and oxygen atoms in total. The summed E-state index contributed by atoms with van der Waals surface area (Å²) in [7, 11) is 0. The average Bonchev–Trinajstić information content (AvgIpc) is 2.33. The number of rotatable bonds is 0. The number of nitrogen functional groups attached to an aromatic ring is 1. The van der Waals surface area contributed by atoms with Gasteiger partial charge in [0, 0.05) is 5.38 Å². The van der Waals surface area contributed by atoms with Crippen molar-refractivity contribution in [2.75, 3.05) is 5.73 Å². The van der Waals surface area contributed by atoms with Gasteiger partial charge < -0.3 is 5.73 Å². The molecule has 0 aliphatic heterocycles. The molecule has 12 heavy (non-hydrogen) atoms. The van der Waals surface area contributed by atoms with E-state index in [2.05, 4.69) is 32.6 Å². The van der Waals surface area contributed by atoms with Gasteiger partial charge >= 0.3 is 0 Å². The predicted octanol–water partition coefficient (Wildman–Crippen LogP) is 2.53. The monoisotopic (exact) mass is 311 g/mol. The molecular formula is C6H3ClIN3S. The second-order valence-corrected chi connectivity index (χ2v) is 4.53. The summed E-state index contributed by atoms with van der Waals surface area (Å²) >= 11 is 9.57. The van der Waals surface area contributed by atoms with E-state index in [4.69, 9.17) is 17.3 Å². The second kappa shape index (κ2) is 2.97. The molecule has 0 aromatic carbocycles. The molecule has 0 aliphatic rings. The number of anilines is 1. The van der Waals surface area contributed by atoms with Crippen LogP contribution in [0.25, 0.3) is 10.2 Å². The summed E-state index contributed by atoms with van der Waals surface area (Å²) in [4.78, 5) is 7.94. The van der Waals surface area contributed by atoms with E-state index in [0.717, 1.165) is 13.8 Å². The Kier molecular flexibility index (Phi) is 2.09. The number of hydrogen-bond donors (Lipinski definition) is 1. The SMILES string of the molecule is Nc1nc(Cl)c2scc(I)c2n1. The molecule has 2 aromatic heterocycles. The van der Waals surface area contributed by atoms with Gasteiger partial charge in [0.15, 0.2) is 5.15 Å². The highest BCUT2D eigenvalue weighted by Crippen LogP contribution is 2.30. The summed E-state index contributed by atoms with van der Waals surface area (Å²) < 4.78 is 1.96. The van der Waals surface area contributed by atoms with Gasteiger partial charge in [0.1, 0.15) is 5.52 Å². The molecule has 0 amide bonds. The molecule has 0 spiro atoms. The molecule has 2 heterocycles. The van der Waals surface area contributed by atoms with Crippen LogP contribution in [0.1, 0.15) is 0 Å². The summed E-state index contributed by atoms with van der Waals surface area (Å²) in [6.07, 6.45) is 0. The topological polar surface area (TPSA) is 51.8 Å². The van der Waals surface area contributed by atoms with Crippen LogP contribution in [-0.2, 0) is 0 Å². The lowest BCUT2D eigenvalue weighted by atomic mass is 10.5. The second-order valence-electron chi connectivity index (χ2n) is 2.13. The van der Waals surface area contributed by atoms with E-state index in [1.54, 1.807) is 0 Å². The first-order chi connectivity index (χ1) is 5.68. The van der Waals surface area contributed by atoms with Crippen molar-refractivity contribution in [3.63, 3.8) is 0 Å². The van der Waals surface area contributed by atoms with E-state index in [-0.39, 0.29) is 5.95 Å². The Bertz CT molecular complexity index is 442. The van der Waals surface area contributed by atoms with Gasteiger partial charge in [0.25, 0.3) is 0 Å². The molecule has 62 valence electrons. The van der Waals surface area contributed by atoms with Crippen molar-refractivity contribution in [2.45, 2.75) is 0 Å². The molecule has 2 rings (SSSR count). The zero-order valence-electron chi connectivity index (χ0n) is 5.71. The fourth-order valence-corrected chi connectivity index (χ4v) is 2.88. The molecule has 6 heteroatoms. The number of hydrogen-bond acceptors (Lipinski definition) is 4. The molecule has 0 saturated carbocycles. The van der Waals surface area contributed by atoms with Crippen LogP contribution in [-0.4, -0.2) is 9.97 Å². The van der Waals surface area contributed by atoms with E-state index >= 15 is 0 Å². The lowest BCUT2D eigenvalue weighted by molar-refractivity contribution is 1.24. The highest BCUT2D eigenvalue weighted by atomic mass is 127. The Labute approximate surface area is 91.1 Å². The van der Waals surface area contributed by atoms with Gasteiger partial charge in [-0.3, -0.25) is 0 Å². The number of thiophene rings is 1. The predicted molar refractivity (Wildman–Crippen MR) is 59.6 cm³/mol. The minimum Gasteiger partial charge on any atom is -0.368 e. The van der Waals surface area contributed by atoms with Crippen molar-refractivity contribution in [3.05, 3.63) is 14.1 Å². The number of aromatic nitrogens is 2. The van der Waals surface area contributed by atoms with Gasteiger partial charge in [-0.25, -0.2) is 4.98 Å². The van der Waals surface area contributed by atoms with Gasteiger partial charge in [-0.2, -0.15) is 4.98 Å². The molecule has 0 radical (unpaired) electrons. The Morgan fingerprint density at radius 1 is 1.50 bits per heavy atom.